The molecule has 17 heavy (non-hydrogen) atoms. The van der Waals surface area contributed by atoms with Crippen molar-refractivity contribution in [3.63, 3.8) is 0 Å². The Morgan fingerprint density at radius 3 is 1.82 bits per heavy atom. The van der Waals surface area contributed by atoms with Crippen LogP contribution in [0.4, 0.5) is 0 Å². The van der Waals surface area contributed by atoms with E-state index >= 15 is 0 Å². The average Bonchev–Trinajstić information content (AvgIpc) is 2.21. The third-order valence-corrected chi connectivity index (χ3v) is 3.29. The highest BCUT2D eigenvalue weighted by molar-refractivity contribution is 5.06. The zero-order valence-electron chi connectivity index (χ0n) is 10.1. The highest BCUT2D eigenvalue weighted by Crippen LogP contribution is 2.41. The molecule has 0 aromatic carbocycles. The molecule has 98 valence electrons. The third-order valence-electron chi connectivity index (χ3n) is 3.29. The Balaban J connectivity index is 1.85. The maximum absolute atomic E-state index is 10.0. The first-order chi connectivity index (χ1) is 7.87. The minimum Gasteiger partial charge on any atom is -0.387 e. The van der Waals surface area contributed by atoms with E-state index in [1.807, 2.05) is 20.8 Å². The van der Waals surface area contributed by atoms with E-state index in [-0.39, 0.29) is 0 Å². The van der Waals surface area contributed by atoms with Gasteiger partial charge < -0.3 is 29.2 Å². The molecule has 4 fully saturated rings. The molecule has 3 heterocycles. The van der Waals surface area contributed by atoms with Crippen LogP contribution in [-0.4, -0.2) is 58.9 Å². The molecule has 0 radical (unpaired) electrons. The lowest BCUT2D eigenvalue weighted by Crippen LogP contribution is -2.76. The predicted octanol–water partition coefficient (Wildman–Crippen LogP) is -0.628. The maximum atomic E-state index is 10.0. The molecule has 0 aromatic rings. The molecule has 6 nitrogen and oxygen atoms in total. The summed E-state index contributed by atoms with van der Waals surface area (Å²) in [5.74, 6) is 0. The Hall–Kier alpha value is -0.240. The summed E-state index contributed by atoms with van der Waals surface area (Å²) in [6.07, 6.45) is -3.88. The fraction of sp³-hybridized carbons (Fsp3) is 1.00. The largest absolute Gasteiger partial charge is 0.387 e. The molecule has 4 aliphatic rings. The molecule has 6 heteroatoms. The van der Waals surface area contributed by atoms with Crippen molar-refractivity contribution in [2.45, 2.75) is 69.5 Å². The summed E-state index contributed by atoms with van der Waals surface area (Å²) >= 11 is 0. The summed E-state index contributed by atoms with van der Waals surface area (Å²) in [5.41, 5.74) is -0.396. The number of ether oxygens (including phenoxy) is 4. The number of aliphatic hydroxyl groups is 2. The summed E-state index contributed by atoms with van der Waals surface area (Å²) in [4.78, 5) is 0. The van der Waals surface area contributed by atoms with Gasteiger partial charge in [0.05, 0.1) is 5.60 Å². The average molecular weight is 246 g/mol. The van der Waals surface area contributed by atoms with Gasteiger partial charge in [-0.3, -0.25) is 0 Å². The smallest absolute Gasteiger partial charge is 0.272 e. The Bertz CT molecular complexity index is 294. The molecule has 7 atom stereocenters. The van der Waals surface area contributed by atoms with Crippen LogP contribution < -0.4 is 0 Å². The summed E-state index contributed by atoms with van der Waals surface area (Å²) in [7, 11) is 0. The zero-order valence-corrected chi connectivity index (χ0v) is 10.1. The lowest BCUT2D eigenvalue weighted by atomic mass is 9.82. The number of aliphatic hydroxyl groups excluding tert-OH is 2. The van der Waals surface area contributed by atoms with Gasteiger partial charge in [-0.05, 0) is 20.8 Å². The van der Waals surface area contributed by atoms with Crippen LogP contribution in [0.15, 0.2) is 0 Å². The van der Waals surface area contributed by atoms with E-state index in [1.54, 1.807) is 0 Å². The van der Waals surface area contributed by atoms with Crippen molar-refractivity contribution in [3.8, 4) is 0 Å². The fourth-order valence-electron chi connectivity index (χ4n) is 2.65. The normalized spacial score (nSPS) is 53.1. The minimum absolute atomic E-state index is 0.396. The van der Waals surface area contributed by atoms with Gasteiger partial charge in [0.2, 0.25) is 0 Å². The summed E-state index contributed by atoms with van der Waals surface area (Å²) in [6, 6.07) is 0. The number of hydrogen-bond acceptors (Lipinski definition) is 6. The summed E-state index contributed by atoms with van der Waals surface area (Å²) < 4.78 is 21.9. The van der Waals surface area contributed by atoms with Crippen LogP contribution in [0.2, 0.25) is 0 Å². The van der Waals surface area contributed by atoms with Crippen LogP contribution in [-0.2, 0) is 18.9 Å². The van der Waals surface area contributed by atoms with Gasteiger partial charge in [0.15, 0.2) is 0 Å². The van der Waals surface area contributed by atoms with Gasteiger partial charge in [0.1, 0.15) is 36.6 Å². The Kier molecular flexibility index (Phi) is 2.52. The van der Waals surface area contributed by atoms with Gasteiger partial charge >= 0.3 is 0 Å². The second-order valence-corrected chi connectivity index (χ2v) is 5.77. The van der Waals surface area contributed by atoms with Crippen molar-refractivity contribution in [2.24, 2.45) is 0 Å². The molecule has 3 saturated heterocycles. The van der Waals surface area contributed by atoms with Gasteiger partial charge in [-0.25, -0.2) is 0 Å². The van der Waals surface area contributed by atoms with Crippen LogP contribution >= 0.6 is 0 Å². The van der Waals surface area contributed by atoms with Crippen LogP contribution in [0.1, 0.15) is 20.8 Å². The first-order valence-corrected chi connectivity index (χ1v) is 5.87. The van der Waals surface area contributed by atoms with E-state index in [1.165, 1.54) is 0 Å². The first-order valence-electron chi connectivity index (χ1n) is 5.87. The SMILES string of the molecule is CC(C)(C)OC1[C@H]2OC3OC([C@H]2O)[C@H](O)[C@H]1O3. The van der Waals surface area contributed by atoms with Crippen molar-refractivity contribution < 1.29 is 29.2 Å². The van der Waals surface area contributed by atoms with Gasteiger partial charge in [-0.15, -0.1) is 0 Å². The van der Waals surface area contributed by atoms with Crippen molar-refractivity contribution in [2.75, 3.05) is 0 Å². The summed E-state index contributed by atoms with van der Waals surface area (Å²) in [5, 5.41) is 20.0. The Morgan fingerprint density at radius 2 is 1.35 bits per heavy atom. The van der Waals surface area contributed by atoms with E-state index in [2.05, 4.69) is 0 Å². The van der Waals surface area contributed by atoms with Gasteiger partial charge in [0, 0.05) is 0 Å². The monoisotopic (exact) mass is 246 g/mol. The lowest BCUT2D eigenvalue weighted by Gasteiger charge is -2.57. The zero-order chi connectivity index (χ0) is 12.4. The highest BCUT2D eigenvalue weighted by Gasteiger charge is 2.62. The van der Waals surface area contributed by atoms with Crippen LogP contribution in [0.5, 0.6) is 0 Å². The highest BCUT2D eigenvalue weighted by atomic mass is 16.9. The quantitative estimate of drug-likeness (QED) is 0.641. The Labute approximate surface area is 99.4 Å². The molecule has 4 bridgehead atoms. The van der Waals surface area contributed by atoms with Crippen molar-refractivity contribution in [1.29, 1.82) is 0 Å². The number of hydrogen-bond donors (Lipinski definition) is 2. The topological polar surface area (TPSA) is 77.4 Å². The van der Waals surface area contributed by atoms with Crippen molar-refractivity contribution in [3.05, 3.63) is 0 Å². The van der Waals surface area contributed by atoms with Crippen LogP contribution in [0.25, 0.3) is 0 Å². The molecule has 0 spiro atoms. The van der Waals surface area contributed by atoms with E-state index in [0.717, 1.165) is 0 Å². The van der Waals surface area contributed by atoms with E-state index < -0.39 is 48.7 Å². The summed E-state index contributed by atoms with van der Waals surface area (Å²) in [6.45, 7) is 4.94. The fourth-order valence-corrected chi connectivity index (χ4v) is 2.65. The van der Waals surface area contributed by atoms with Gasteiger partial charge in [0.25, 0.3) is 6.48 Å². The first kappa shape index (κ1) is 11.8. The molecule has 3 aliphatic heterocycles. The standard InChI is InChI=1S/C11H18O6/c1-11(2,3)17-9-7-4(12)6-5(13)8(9)16-10(14-6)15-7/h4-10,12-13H,1-3H3/t4-,5+,6?,7+,8-,9?,10?. The molecule has 1 aliphatic carbocycles. The molecule has 0 aromatic heterocycles. The van der Waals surface area contributed by atoms with Gasteiger partial charge in [-0.2, -0.15) is 0 Å². The van der Waals surface area contributed by atoms with E-state index in [0.29, 0.717) is 0 Å². The molecule has 0 amide bonds. The molecular weight excluding hydrogens is 228 g/mol. The second-order valence-electron chi connectivity index (χ2n) is 5.77. The molecule has 4 rings (SSSR count). The predicted molar refractivity (Wildman–Crippen MR) is 55.0 cm³/mol. The second kappa shape index (κ2) is 3.63. The van der Waals surface area contributed by atoms with Crippen molar-refractivity contribution >= 4 is 0 Å². The molecular formula is C11H18O6. The third kappa shape index (κ3) is 1.80. The Morgan fingerprint density at radius 1 is 0.882 bits per heavy atom. The molecule has 1 saturated carbocycles. The van der Waals surface area contributed by atoms with Crippen molar-refractivity contribution in [1.82, 2.24) is 0 Å². The minimum atomic E-state index is -0.881. The molecule has 2 N–H and O–H groups in total. The molecule has 3 unspecified atom stereocenters. The van der Waals surface area contributed by atoms with E-state index in [9.17, 15) is 10.2 Å². The van der Waals surface area contributed by atoms with Crippen LogP contribution in [0.3, 0.4) is 0 Å². The van der Waals surface area contributed by atoms with E-state index in [4.69, 9.17) is 18.9 Å². The number of rotatable bonds is 1. The lowest BCUT2D eigenvalue weighted by molar-refractivity contribution is -0.487. The van der Waals surface area contributed by atoms with Gasteiger partial charge in [-0.1, -0.05) is 0 Å². The maximum Gasteiger partial charge on any atom is 0.272 e. The van der Waals surface area contributed by atoms with Crippen LogP contribution in [0, 0.1) is 0 Å².